The molecular formula is C14H22N19-. The van der Waals surface area contributed by atoms with Crippen molar-refractivity contribution in [3.63, 3.8) is 0 Å². The van der Waals surface area contributed by atoms with Gasteiger partial charge in [-0.05, 0) is 23.5 Å². The Kier molecular flexibility index (Phi) is 7.36. The third kappa shape index (κ3) is 4.98. The zero-order valence-corrected chi connectivity index (χ0v) is 18.2. The minimum atomic E-state index is -0.145. The minimum Gasteiger partial charge on any atom is -0.324 e. The SMILES string of the molecule is CC.CCNCC.N=c1nc2n3c(nnnc3n1)NN2.N=c1nc2n3c(nnnc3n1)N[N-]2. The maximum atomic E-state index is 7.25. The highest BCUT2D eigenvalue weighted by atomic mass is 15.6. The molecule has 0 saturated heterocycles. The fraction of sp³-hybridized carbons (Fsp3) is 0.429. The summed E-state index contributed by atoms with van der Waals surface area (Å²) in [5.74, 6) is 2.16. The number of aromatic nitrogens is 12. The van der Waals surface area contributed by atoms with Crippen LogP contribution in [0.25, 0.3) is 17.0 Å². The molecule has 0 unspecified atom stereocenters. The van der Waals surface area contributed by atoms with Crippen molar-refractivity contribution >= 4 is 35.3 Å². The fourth-order valence-electron chi connectivity index (χ4n) is 2.41. The van der Waals surface area contributed by atoms with Crippen molar-refractivity contribution in [3.8, 4) is 0 Å². The minimum absolute atomic E-state index is 0.113. The Labute approximate surface area is 185 Å². The van der Waals surface area contributed by atoms with Crippen LogP contribution in [0.3, 0.4) is 0 Å². The molecule has 6 N–H and O–H groups in total. The molecule has 19 nitrogen and oxygen atoms in total. The van der Waals surface area contributed by atoms with E-state index in [4.69, 9.17) is 10.8 Å². The molecular weight excluding hydrogens is 434 g/mol. The van der Waals surface area contributed by atoms with E-state index >= 15 is 0 Å². The summed E-state index contributed by atoms with van der Waals surface area (Å²) in [4.78, 5) is 15.1. The predicted octanol–water partition coefficient (Wildman–Crippen LogP) is -1.47. The topological polar surface area (TPSA) is 248 Å². The van der Waals surface area contributed by atoms with E-state index in [-0.39, 0.29) is 22.8 Å². The van der Waals surface area contributed by atoms with Gasteiger partial charge in [-0.3, -0.25) is 27.1 Å². The van der Waals surface area contributed by atoms with Gasteiger partial charge < -0.3 is 20.1 Å². The molecule has 0 bridgehead atoms. The quantitative estimate of drug-likeness (QED) is 0.201. The average molecular weight is 456 g/mol. The summed E-state index contributed by atoms with van der Waals surface area (Å²) >= 11 is 0. The standard InChI is InChI=1S/C4H3N9.C4H2N9.C4H11N.C2H6/c2*5-1-6-2-8-9-4-11-12-10-3(7-1)13(2)4;1-3-5-4-2;1-2/h(H3,5,6,7,8,9,10,11);(H2-,5,6,7,8,9,10,11);5H,3-4H2,1-2H3;1-2H3/q;-1;;. The second kappa shape index (κ2) is 10.6. The van der Waals surface area contributed by atoms with Gasteiger partial charge in [-0.25, -0.2) is 9.38 Å². The van der Waals surface area contributed by atoms with Gasteiger partial charge in [0, 0.05) is 0 Å². The van der Waals surface area contributed by atoms with Crippen LogP contribution in [0.4, 0.5) is 23.8 Å². The van der Waals surface area contributed by atoms with Crippen LogP contribution in [0.5, 0.6) is 0 Å². The highest BCUT2D eigenvalue weighted by molar-refractivity contribution is 5.57. The number of hydrazine groups is 1. The van der Waals surface area contributed by atoms with Crippen molar-refractivity contribution in [3.05, 3.63) is 16.7 Å². The molecule has 33 heavy (non-hydrogen) atoms. The summed E-state index contributed by atoms with van der Waals surface area (Å²) in [5.41, 5.74) is 11.6. The molecule has 0 amide bonds. The summed E-state index contributed by atoms with van der Waals surface area (Å²) in [7, 11) is 0. The lowest BCUT2D eigenvalue weighted by molar-refractivity contribution is 0.762. The molecule has 2 aliphatic rings. The number of nitrogens with zero attached hydrogens (tertiary/aromatic N) is 13. The number of hydrogen-bond acceptors (Lipinski definition) is 16. The van der Waals surface area contributed by atoms with E-state index in [0.717, 1.165) is 13.1 Å². The highest BCUT2D eigenvalue weighted by Crippen LogP contribution is 2.23. The van der Waals surface area contributed by atoms with Crippen LogP contribution in [0, 0.1) is 10.8 Å². The molecule has 0 aliphatic carbocycles. The zero-order valence-electron chi connectivity index (χ0n) is 18.2. The molecule has 19 heteroatoms. The van der Waals surface area contributed by atoms with Gasteiger partial charge in [0.15, 0.2) is 11.6 Å². The van der Waals surface area contributed by atoms with Crippen molar-refractivity contribution < 1.29 is 0 Å². The van der Waals surface area contributed by atoms with E-state index in [2.05, 4.69) is 91.6 Å². The summed E-state index contributed by atoms with van der Waals surface area (Å²) in [5, 5.41) is 39.1. The van der Waals surface area contributed by atoms with Crippen molar-refractivity contribution in [2.75, 3.05) is 29.4 Å². The van der Waals surface area contributed by atoms with Crippen LogP contribution in [0.2, 0.25) is 0 Å². The zero-order chi connectivity index (χ0) is 23.8. The summed E-state index contributed by atoms with van der Waals surface area (Å²) in [6.07, 6.45) is 0. The molecule has 0 saturated carbocycles. The van der Waals surface area contributed by atoms with Gasteiger partial charge in [-0.15, -0.1) is 10.2 Å². The van der Waals surface area contributed by atoms with Crippen LogP contribution in [0.15, 0.2) is 0 Å². The Morgan fingerprint density at radius 1 is 0.758 bits per heavy atom. The van der Waals surface area contributed by atoms with Crippen molar-refractivity contribution in [2.45, 2.75) is 27.7 Å². The second-order valence-electron chi connectivity index (χ2n) is 5.65. The first kappa shape index (κ1) is 23.0. The first-order chi connectivity index (χ1) is 16.1. The molecule has 4 aromatic heterocycles. The Balaban J connectivity index is 0.000000147. The van der Waals surface area contributed by atoms with Gasteiger partial charge in [0.1, 0.15) is 0 Å². The second-order valence-corrected chi connectivity index (χ2v) is 5.65. The van der Waals surface area contributed by atoms with E-state index < -0.39 is 0 Å². The third-order valence-corrected chi connectivity index (χ3v) is 3.65. The molecule has 174 valence electrons. The monoisotopic (exact) mass is 456 g/mol. The van der Waals surface area contributed by atoms with Crippen LogP contribution >= 0.6 is 0 Å². The van der Waals surface area contributed by atoms with E-state index in [9.17, 15) is 0 Å². The smallest absolute Gasteiger partial charge is 0.264 e. The van der Waals surface area contributed by atoms with Crippen LogP contribution in [-0.2, 0) is 0 Å². The Morgan fingerprint density at radius 2 is 1.33 bits per heavy atom. The fourth-order valence-corrected chi connectivity index (χ4v) is 2.41. The normalized spacial score (nSPS) is 11.4. The van der Waals surface area contributed by atoms with Crippen molar-refractivity contribution in [2.24, 2.45) is 0 Å². The van der Waals surface area contributed by atoms with Crippen LogP contribution in [-0.4, -0.2) is 72.6 Å². The maximum Gasteiger partial charge on any atom is 0.264 e. The Hall–Kier alpha value is -4.68. The molecule has 6 rings (SSSR count). The third-order valence-electron chi connectivity index (χ3n) is 3.65. The van der Waals surface area contributed by atoms with E-state index in [1.165, 1.54) is 8.80 Å². The van der Waals surface area contributed by atoms with E-state index in [1.807, 2.05) is 13.8 Å². The molecule has 0 spiro atoms. The Bertz CT molecular complexity index is 1240. The molecule has 0 fully saturated rings. The van der Waals surface area contributed by atoms with E-state index in [0.29, 0.717) is 23.8 Å². The Morgan fingerprint density at radius 3 is 1.97 bits per heavy atom. The summed E-state index contributed by atoms with van der Waals surface area (Å²) < 4.78 is 3.01. The first-order valence-electron chi connectivity index (χ1n) is 9.89. The average Bonchev–Trinajstić information content (AvgIpc) is 3.43. The predicted molar refractivity (Wildman–Crippen MR) is 114 cm³/mol. The highest BCUT2D eigenvalue weighted by Gasteiger charge is 2.16. The molecule has 0 radical (unpaired) electrons. The van der Waals surface area contributed by atoms with Gasteiger partial charge in [0.25, 0.3) is 11.7 Å². The van der Waals surface area contributed by atoms with Gasteiger partial charge in [-0.2, -0.15) is 9.97 Å². The number of anilines is 3. The van der Waals surface area contributed by atoms with Gasteiger partial charge in [0.2, 0.25) is 17.3 Å². The van der Waals surface area contributed by atoms with Gasteiger partial charge >= 0.3 is 0 Å². The van der Waals surface area contributed by atoms with Crippen molar-refractivity contribution in [1.29, 1.82) is 10.8 Å². The lowest BCUT2D eigenvalue weighted by Crippen LogP contribution is -2.16. The van der Waals surface area contributed by atoms with Gasteiger partial charge in [0.05, 0.1) is 5.95 Å². The van der Waals surface area contributed by atoms with Crippen LogP contribution in [0.1, 0.15) is 27.7 Å². The molecule has 0 aromatic carbocycles. The molecule has 0 atom stereocenters. The summed E-state index contributed by atoms with van der Waals surface area (Å²) in [6.45, 7) is 10.4. The summed E-state index contributed by atoms with van der Waals surface area (Å²) in [6, 6.07) is 0. The maximum absolute atomic E-state index is 7.25. The number of nitrogens with one attached hydrogen (secondary N) is 6. The van der Waals surface area contributed by atoms with Gasteiger partial charge in [-0.1, -0.05) is 37.9 Å². The van der Waals surface area contributed by atoms with Crippen molar-refractivity contribution in [1.82, 2.24) is 64.9 Å². The lowest BCUT2D eigenvalue weighted by atomic mass is 10.7. The largest absolute Gasteiger partial charge is 0.324 e. The van der Waals surface area contributed by atoms with Crippen LogP contribution < -0.4 is 32.8 Å². The number of rotatable bonds is 2. The first-order valence-corrected chi connectivity index (χ1v) is 9.89. The molecule has 4 aromatic rings. The molecule has 6 heterocycles. The van der Waals surface area contributed by atoms with E-state index in [1.54, 1.807) is 0 Å². The number of hydrogen-bond donors (Lipinski definition) is 6. The lowest BCUT2D eigenvalue weighted by Gasteiger charge is -2.04. The molecule has 2 aliphatic heterocycles.